The van der Waals surface area contributed by atoms with Crippen molar-refractivity contribution in [2.75, 3.05) is 20.2 Å². The Morgan fingerprint density at radius 3 is 2.81 bits per heavy atom. The van der Waals surface area contributed by atoms with Gasteiger partial charge in [0.15, 0.2) is 5.76 Å². The average molecular weight is 228 g/mol. The van der Waals surface area contributed by atoms with Crippen LogP contribution in [0.2, 0.25) is 0 Å². The van der Waals surface area contributed by atoms with Crippen LogP contribution in [0.3, 0.4) is 0 Å². The Hall–Kier alpha value is -0.950. The van der Waals surface area contributed by atoms with E-state index < -0.39 is 12.2 Å². The van der Waals surface area contributed by atoms with Gasteiger partial charge >= 0.3 is 0 Å². The van der Waals surface area contributed by atoms with Crippen LogP contribution in [0.4, 0.5) is 0 Å². The fourth-order valence-corrected chi connectivity index (χ4v) is 1.85. The van der Waals surface area contributed by atoms with E-state index in [2.05, 4.69) is 5.16 Å². The maximum atomic E-state index is 9.38. The van der Waals surface area contributed by atoms with Gasteiger partial charge in [0, 0.05) is 32.8 Å². The summed E-state index contributed by atoms with van der Waals surface area (Å²) in [6.45, 7) is 1.90. The number of hydrogen-bond acceptors (Lipinski definition) is 6. The zero-order chi connectivity index (χ0) is 11.5. The Bertz CT molecular complexity index is 331. The number of hydrogen-bond donors (Lipinski definition) is 2. The second kappa shape index (κ2) is 4.92. The molecule has 1 aromatic rings. The highest BCUT2D eigenvalue weighted by molar-refractivity contribution is 5.05. The van der Waals surface area contributed by atoms with E-state index in [1.165, 1.54) is 0 Å². The normalized spacial score (nSPS) is 26.4. The van der Waals surface area contributed by atoms with Crippen LogP contribution < -0.4 is 0 Å². The molecule has 2 rings (SSSR count). The first-order chi connectivity index (χ1) is 7.69. The van der Waals surface area contributed by atoms with Crippen LogP contribution in [0.25, 0.3) is 0 Å². The molecule has 0 aliphatic carbocycles. The predicted octanol–water partition coefficient (Wildman–Crippen LogP) is -0.642. The van der Waals surface area contributed by atoms with E-state index in [4.69, 9.17) is 9.26 Å². The Kier molecular flexibility index (Phi) is 3.55. The van der Waals surface area contributed by atoms with E-state index in [0.29, 0.717) is 32.0 Å². The van der Waals surface area contributed by atoms with Crippen molar-refractivity contribution in [3.8, 4) is 0 Å². The average Bonchev–Trinajstić information content (AvgIpc) is 2.77. The number of β-amino-alcohol motifs (C(OH)–C–C–N with tert-alkyl or cyclic N) is 2. The Labute approximate surface area is 93.4 Å². The fraction of sp³-hybridized carbons (Fsp3) is 0.700. The largest absolute Gasteiger partial charge is 0.389 e. The maximum absolute atomic E-state index is 9.38. The summed E-state index contributed by atoms with van der Waals surface area (Å²) < 4.78 is 9.96. The van der Waals surface area contributed by atoms with Crippen molar-refractivity contribution < 1.29 is 19.5 Å². The molecule has 2 N–H and O–H groups in total. The molecule has 2 heterocycles. The third kappa shape index (κ3) is 2.59. The fourth-order valence-electron chi connectivity index (χ4n) is 1.85. The summed E-state index contributed by atoms with van der Waals surface area (Å²) in [4.78, 5) is 1.93. The van der Waals surface area contributed by atoms with Gasteiger partial charge in [0.2, 0.25) is 0 Å². The molecule has 1 aliphatic heterocycles. The number of rotatable bonds is 4. The Morgan fingerprint density at radius 1 is 1.50 bits per heavy atom. The summed E-state index contributed by atoms with van der Waals surface area (Å²) in [7, 11) is 1.59. The van der Waals surface area contributed by atoms with Gasteiger partial charge in [-0.15, -0.1) is 0 Å². The molecule has 0 amide bonds. The van der Waals surface area contributed by atoms with Crippen LogP contribution in [0, 0.1) is 0 Å². The smallest absolute Gasteiger partial charge is 0.162 e. The lowest BCUT2D eigenvalue weighted by Crippen LogP contribution is -2.22. The van der Waals surface area contributed by atoms with E-state index in [1.54, 1.807) is 7.11 Å². The molecule has 0 spiro atoms. The topological polar surface area (TPSA) is 79.0 Å². The quantitative estimate of drug-likeness (QED) is 0.713. The lowest BCUT2D eigenvalue weighted by Gasteiger charge is -2.11. The van der Waals surface area contributed by atoms with Gasteiger partial charge in [-0.2, -0.15) is 0 Å². The molecule has 0 saturated carbocycles. The van der Waals surface area contributed by atoms with Crippen molar-refractivity contribution in [2.45, 2.75) is 25.4 Å². The van der Waals surface area contributed by atoms with Gasteiger partial charge in [0.05, 0.1) is 17.9 Å². The number of nitrogens with zero attached hydrogens (tertiary/aromatic N) is 2. The highest BCUT2D eigenvalue weighted by Gasteiger charge is 2.29. The van der Waals surface area contributed by atoms with E-state index in [9.17, 15) is 10.2 Å². The first-order valence-corrected chi connectivity index (χ1v) is 5.21. The lowest BCUT2D eigenvalue weighted by atomic mass is 10.3. The minimum absolute atomic E-state index is 0.401. The second-order valence-corrected chi connectivity index (χ2v) is 4.05. The van der Waals surface area contributed by atoms with Crippen molar-refractivity contribution in [3.05, 3.63) is 17.5 Å². The molecule has 1 saturated heterocycles. The zero-order valence-corrected chi connectivity index (χ0v) is 9.17. The number of methoxy groups -OCH3 is 1. The monoisotopic (exact) mass is 228 g/mol. The van der Waals surface area contributed by atoms with Crippen LogP contribution in [-0.2, 0) is 17.9 Å². The highest BCUT2D eigenvalue weighted by atomic mass is 16.5. The Balaban J connectivity index is 1.89. The number of likely N-dealkylation sites (tertiary alicyclic amines) is 1. The Morgan fingerprint density at radius 2 is 2.19 bits per heavy atom. The van der Waals surface area contributed by atoms with Gasteiger partial charge in [-0.1, -0.05) is 5.16 Å². The first kappa shape index (κ1) is 11.5. The van der Waals surface area contributed by atoms with E-state index >= 15 is 0 Å². The SMILES string of the molecule is COCc1cc(CN2C[C@@H](O)[C@@H](O)C2)no1. The van der Waals surface area contributed by atoms with E-state index in [1.807, 2.05) is 11.0 Å². The standard InChI is InChI=1S/C10H16N2O4/c1-15-6-8-2-7(11-16-8)3-12-4-9(13)10(14)5-12/h2,9-10,13-14H,3-6H2,1H3/t9-,10+. The van der Waals surface area contributed by atoms with Crippen LogP contribution in [0.15, 0.2) is 10.6 Å². The molecular weight excluding hydrogens is 212 g/mol. The second-order valence-electron chi connectivity index (χ2n) is 4.05. The van der Waals surface area contributed by atoms with E-state index in [0.717, 1.165) is 5.69 Å². The number of aromatic nitrogens is 1. The van der Waals surface area contributed by atoms with Crippen LogP contribution in [0.1, 0.15) is 11.5 Å². The molecule has 1 fully saturated rings. The molecule has 0 aromatic carbocycles. The van der Waals surface area contributed by atoms with Gasteiger partial charge in [0.1, 0.15) is 6.61 Å². The summed E-state index contributed by atoms with van der Waals surface area (Å²) >= 11 is 0. The third-order valence-electron chi connectivity index (χ3n) is 2.61. The molecule has 0 bridgehead atoms. The summed E-state index contributed by atoms with van der Waals surface area (Å²) in [5.41, 5.74) is 0.786. The molecule has 0 radical (unpaired) electrons. The zero-order valence-electron chi connectivity index (χ0n) is 9.17. The minimum atomic E-state index is -0.662. The van der Waals surface area contributed by atoms with Crippen LogP contribution >= 0.6 is 0 Å². The number of aliphatic hydroxyl groups is 2. The van der Waals surface area contributed by atoms with Crippen LogP contribution in [-0.4, -0.2) is 52.7 Å². The summed E-state index contributed by atoms with van der Waals surface area (Å²) in [6.07, 6.45) is -1.32. The molecule has 2 atom stereocenters. The molecular formula is C10H16N2O4. The van der Waals surface area contributed by atoms with Gasteiger partial charge < -0.3 is 19.5 Å². The van der Waals surface area contributed by atoms with Crippen molar-refractivity contribution >= 4 is 0 Å². The predicted molar refractivity (Wildman–Crippen MR) is 54.5 cm³/mol. The number of ether oxygens (including phenoxy) is 1. The minimum Gasteiger partial charge on any atom is -0.389 e. The molecule has 1 aromatic heterocycles. The molecule has 0 unspecified atom stereocenters. The summed E-state index contributed by atoms with van der Waals surface area (Å²) in [5.74, 6) is 0.679. The van der Waals surface area contributed by atoms with Gasteiger partial charge in [-0.3, -0.25) is 4.90 Å². The first-order valence-electron chi connectivity index (χ1n) is 5.21. The molecule has 6 heteroatoms. The highest BCUT2D eigenvalue weighted by Crippen LogP contribution is 2.14. The van der Waals surface area contributed by atoms with Crippen LogP contribution in [0.5, 0.6) is 0 Å². The van der Waals surface area contributed by atoms with Crippen molar-refractivity contribution in [1.29, 1.82) is 0 Å². The van der Waals surface area contributed by atoms with Gasteiger partial charge in [-0.05, 0) is 0 Å². The summed E-state index contributed by atoms with van der Waals surface area (Å²) in [5, 5.41) is 22.6. The number of aliphatic hydroxyl groups excluding tert-OH is 2. The maximum Gasteiger partial charge on any atom is 0.162 e. The van der Waals surface area contributed by atoms with Crippen molar-refractivity contribution in [3.63, 3.8) is 0 Å². The lowest BCUT2D eigenvalue weighted by molar-refractivity contribution is 0.0572. The van der Waals surface area contributed by atoms with Gasteiger partial charge in [0.25, 0.3) is 0 Å². The molecule has 1 aliphatic rings. The van der Waals surface area contributed by atoms with E-state index in [-0.39, 0.29) is 0 Å². The van der Waals surface area contributed by atoms with Crippen molar-refractivity contribution in [1.82, 2.24) is 10.1 Å². The third-order valence-corrected chi connectivity index (χ3v) is 2.61. The van der Waals surface area contributed by atoms with Crippen molar-refractivity contribution in [2.24, 2.45) is 0 Å². The molecule has 16 heavy (non-hydrogen) atoms. The van der Waals surface area contributed by atoms with Gasteiger partial charge in [-0.25, -0.2) is 0 Å². The molecule has 6 nitrogen and oxygen atoms in total. The summed E-state index contributed by atoms with van der Waals surface area (Å²) in [6, 6.07) is 1.82. The molecule has 90 valence electrons.